The number of aromatic nitrogens is 1. The predicted molar refractivity (Wildman–Crippen MR) is 103 cm³/mol. The zero-order chi connectivity index (χ0) is 18.4. The van der Waals surface area contributed by atoms with Gasteiger partial charge in [-0.05, 0) is 43.0 Å². The summed E-state index contributed by atoms with van der Waals surface area (Å²) in [6.45, 7) is 4.22. The normalized spacial score (nSPS) is 13.7. The summed E-state index contributed by atoms with van der Waals surface area (Å²) in [5.41, 5.74) is 2.90. The molecule has 1 fully saturated rings. The van der Waals surface area contributed by atoms with E-state index in [9.17, 15) is 9.59 Å². The van der Waals surface area contributed by atoms with Gasteiger partial charge in [-0.25, -0.2) is 4.98 Å². The average molecular weight is 369 g/mol. The smallest absolute Gasteiger partial charge is 0.255 e. The Morgan fingerprint density at radius 3 is 2.62 bits per heavy atom. The van der Waals surface area contributed by atoms with Crippen molar-refractivity contribution in [2.75, 3.05) is 18.8 Å². The maximum Gasteiger partial charge on any atom is 0.255 e. The van der Waals surface area contributed by atoms with E-state index in [2.05, 4.69) is 10.3 Å². The summed E-state index contributed by atoms with van der Waals surface area (Å²) >= 11 is 1.37. The molecular weight excluding hydrogens is 346 g/mol. The molecule has 1 aliphatic rings. The lowest BCUT2D eigenvalue weighted by atomic mass is 10.1. The molecule has 0 radical (unpaired) electrons. The highest BCUT2D eigenvalue weighted by molar-refractivity contribution is 7.99. The van der Waals surface area contributed by atoms with Crippen LogP contribution in [-0.2, 0) is 11.3 Å². The Labute approximate surface area is 158 Å². The first-order chi connectivity index (χ1) is 12.6. The number of rotatable bonds is 6. The van der Waals surface area contributed by atoms with Gasteiger partial charge < -0.3 is 10.2 Å². The quantitative estimate of drug-likeness (QED) is 0.795. The van der Waals surface area contributed by atoms with E-state index in [-0.39, 0.29) is 11.8 Å². The van der Waals surface area contributed by atoms with Crippen LogP contribution < -0.4 is 5.32 Å². The first-order valence-electron chi connectivity index (χ1n) is 8.83. The van der Waals surface area contributed by atoms with Gasteiger partial charge in [0.1, 0.15) is 0 Å². The summed E-state index contributed by atoms with van der Waals surface area (Å²) in [6, 6.07) is 11.6. The highest BCUT2D eigenvalue weighted by Gasteiger charge is 2.19. The molecule has 2 amide bonds. The van der Waals surface area contributed by atoms with Crippen LogP contribution in [0, 0.1) is 6.92 Å². The summed E-state index contributed by atoms with van der Waals surface area (Å²) in [5.74, 6) is 0.318. The topological polar surface area (TPSA) is 62.3 Å². The molecular formula is C20H23N3O2S. The fraction of sp³-hybridized carbons (Fsp3) is 0.350. The monoisotopic (exact) mass is 369 g/mol. The molecule has 136 valence electrons. The van der Waals surface area contributed by atoms with Gasteiger partial charge in [-0.2, -0.15) is 0 Å². The van der Waals surface area contributed by atoms with Crippen LogP contribution in [-0.4, -0.2) is 40.5 Å². The molecule has 0 atom stereocenters. The molecule has 1 aromatic carbocycles. The van der Waals surface area contributed by atoms with E-state index in [1.807, 2.05) is 42.2 Å². The number of amides is 2. The second-order valence-electron chi connectivity index (χ2n) is 6.38. The molecule has 2 aromatic rings. The van der Waals surface area contributed by atoms with E-state index >= 15 is 0 Å². The van der Waals surface area contributed by atoms with Crippen LogP contribution in [0.15, 0.2) is 47.6 Å². The van der Waals surface area contributed by atoms with Gasteiger partial charge in [-0.1, -0.05) is 36.0 Å². The van der Waals surface area contributed by atoms with Crippen molar-refractivity contribution in [1.82, 2.24) is 15.2 Å². The van der Waals surface area contributed by atoms with Gasteiger partial charge in [-0.3, -0.25) is 9.59 Å². The number of hydrogen-bond acceptors (Lipinski definition) is 4. The lowest BCUT2D eigenvalue weighted by Crippen LogP contribution is -2.27. The second-order valence-corrected chi connectivity index (χ2v) is 7.37. The third-order valence-corrected chi connectivity index (χ3v) is 5.41. The van der Waals surface area contributed by atoms with Crippen molar-refractivity contribution in [2.45, 2.75) is 31.3 Å². The molecule has 1 aromatic heterocycles. The van der Waals surface area contributed by atoms with Gasteiger partial charge in [-0.15, -0.1) is 0 Å². The van der Waals surface area contributed by atoms with Gasteiger partial charge in [0.15, 0.2) is 0 Å². The predicted octanol–water partition coefficient (Wildman–Crippen LogP) is 3.03. The number of aryl methyl sites for hydroxylation is 1. The molecule has 1 aliphatic heterocycles. The zero-order valence-electron chi connectivity index (χ0n) is 14.9. The molecule has 26 heavy (non-hydrogen) atoms. The van der Waals surface area contributed by atoms with Gasteiger partial charge >= 0.3 is 0 Å². The van der Waals surface area contributed by atoms with Crippen LogP contribution in [0.1, 0.15) is 34.3 Å². The molecule has 3 rings (SSSR count). The van der Waals surface area contributed by atoms with Crippen molar-refractivity contribution < 1.29 is 9.59 Å². The summed E-state index contributed by atoms with van der Waals surface area (Å²) in [7, 11) is 0. The Kier molecular flexibility index (Phi) is 6.28. The van der Waals surface area contributed by atoms with Crippen LogP contribution in [0.2, 0.25) is 0 Å². The molecule has 1 N–H and O–H groups in total. The van der Waals surface area contributed by atoms with Crippen molar-refractivity contribution in [3.63, 3.8) is 0 Å². The van der Waals surface area contributed by atoms with Gasteiger partial charge in [0.2, 0.25) is 5.91 Å². The minimum atomic E-state index is -0.0303. The SMILES string of the molecule is Cc1ccccc1CNC(=O)CSc1ccc(C(=O)N2CCCC2)cn1. The van der Waals surface area contributed by atoms with Crippen molar-refractivity contribution in [3.8, 4) is 0 Å². The third kappa shape index (κ3) is 4.85. The number of carbonyl (C=O) groups is 2. The molecule has 1 saturated heterocycles. The van der Waals surface area contributed by atoms with E-state index in [0.717, 1.165) is 36.5 Å². The molecule has 0 spiro atoms. The summed E-state index contributed by atoms with van der Waals surface area (Å²) < 4.78 is 0. The maximum atomic E-state index is 12.3. The van der Waals surface area contributed by atoms with Crippen LogP contribution in [0.25, 0.3) is 0 Å². The van der Waals surface area contributed by atoms with Gasteiger partial charge in [0.05, 0.1) is 16.3 Å². The molecule has 0 aliphatic carbocycles. The molecule has 0 unspecified atom stereocenters. The first kappa shape index (κ1) is 18.5. The van der Waals surface area contributed by atoms with Crippen LogP contribution >= 0.6 is 11.8 Å². The third-order valence-electron chi connectivity index (χ3n) is 4.46. The number of likely N-dealkylation sites (tertiary alicyclic amines) is 1. The fourth-order valence-corrected chi connectivity index (χ4v) is 3.56. The van der Waals surface area contributed by atoms with Crippen molar-refractivity contribution >= 4 is 23.6 Å². The van der Waals surface area contributed by atoms with Gasteiger partial charge in [0.25, 0.3) is 5.91 Å². The Morgan fingerprint density at radius 1 is 1.15 bits per heavy atom. The lowest BCUT2D eigenvalue weighted by molar-refractivity contribution is -0.118. The number of benzene rings is 1. The number of carbonyl (C=O) groups excluding carboxylic acids is 2. The summed E-state index contributed by atoms with van der Waals surface area (Å²) in [6.07, 6.45) is 3.75. The van der Waals surface area contributed by atoms with Crippen molar-refractivity contribution in [2.24, 2.45) is 0 Å². The van der Waals surface area contributed by atoms with Gasteiger partial charge in [0, 0.05) is 25.8 Å². The van der Waals surface area contributed by atoms with E-state index in [4.69, 9.17) is 0 Å². The maximum absolute atomic E-state index is 12.3. The number of nitrogens with one attached hydrogen (secondary N) is 1. The van der Waals surface area contributed by atoms with E-state index in [1.54, 1.807) is 12.3 Å². The summed E-state index contributed by atoms with van der Waals surface area (Å²) in [5, 5.41) is 3.67. The van der Waals surface area contributed by atoms with E-state index in [1.165, 1.54) is 17.3 Å². The first-order valence-corrected chi connectivity index (χ1v) is 9.81. The Bertz CT molecular complexity index is 771. The molecule has 2 heterocycles. The van der Waals surface area contributed by atoms with Crippen LogP contribution in [0.3, 0.4) is 0 Å². The largest absolute Gasteiger partial charge is 0.351 e. The summed E-state index contributed by atoms with van der Waals surface area (Å²) in [4.78, 5) is 30.5. The lowest BCUT2D eigenvalue weighted by Gasteiger charge is -2.14. The molecule has 6 heteroatoms. The fourth-order valence-electron chi connectivity index (χ4n) is 2.89. The Hall–Kier alpha value is -2.34. The Morgan fingerprint density at radius 2 is 1.92 bits per heavy atom. The average Bonchev–Trinajstić information content (AvgIpc) is 3.20. The number of thioether (sulfide) groups is 1. The minimum Gasteiger partial charge on any atom is -0.351 e. The minimum absolute atomic E-state index is 0.0303. The number of hydrogen-bond donors (Lipinski definition) is 1. The highest BCUT2D eigenvalue weighted by atomic mass is 32.2. The van der Waals surface area contributed by atoms with Crippen molar-refractivity contribution in [1.29, 1.82) is 0 Å². The highest BCUT2D eigenvalue weighted by Crippen LogP contribution is 2.17. The molecule has 0 bridgehead atoms. The second kappa shape index (κ2) is 8.85. The van der Waals surface area contributed by atoms with Crippen LogP contribution in [0.5, 0.6) is 0 Å². The molecule has 5 nitrogen and oxygen atoms in total. The van der Waals surface area contributed by atoms with E-state index < -0.39 is 0 Å². The van der Waals surface area contributed by atoms with E-state index in [0.29, 0.717) is 17.9 Å². The number of nitrogens with zero attached hydrogens (tertiary/aromatic N) is 2. The zero-order valence-corrected chi connectivity index (χ0v) is 15.7. The van der Waals surface area contributed by atoms with Crippen LogP contribution in [0.4, 0.5) is 0 Å². The Balaban J connectivity index is 1.46. The van der Waals surface area contributed by atoms with Crippen molar-refractivity contribution in [3.05, 3.63) is 59.3 Å². The molecule has 0 saturated carbocycles. The standard InChI is InChI=1S/C20H23N3O2S/c1-15-6-2-3-7-16(15)12-21-18(24)14-26-19-9-8-17(13-22-19)20(25)23-10-4-5-11-23/h2-3,6-9,13H,4-5,10-12,14H2,1H3,(H,21,24). The number of pyridine rings is 1.